The third kappa shape index (κ3) is 15.7. The molecule has 0 spiro atoms. The number of azo groups is 2. The SMILES string of the molecule is C=CC(=O)OCCCCOc1ccc(/N=N/c2ccc(NC(=O)C(=O)Nc3ccc(/N=N/c4ccc(OCCCCOC(=O)C=C)c(C(F)(F)F)c4)cc3)cc2)cc1C(F)(F)F. The molecule has 20 heteroatoms. The number of nitrogens with zero attached hydrogens (tertiary/aromatic N) is 4. The van der Waals surface area contributed by atoms with Gasteiger partial charge in [0.1, 0.15) is 11.5 Å². The van der Waals surface area contributed by atoms with Crippen molar-refractivity contribution in [3.63, 3.8) is 0 Å². The van der Waals surface area contributed by atoms with Gasteiger partial charge in [0.15, 0.2) is 0 Å². The molecule has 0 radical (unpaired) electrons. The Morgan fingerprint density at radius 1 is 0.500 bits per heavy atom. The lowest BCUT2D eigenvalue weighted by atomic mass is 10.1. The van der Waals surface area contributed by atoms with Crippen molar-refractivity contribution < 1.29 is 64.5 Å². The Morgan fingerprint density at radius 3 is 1.16 bits per heavy atom. The van der Waals surface area contributed by atoms with Crippen molar-refractivity contribution in [2.24, 2.45) is 20.5 Å². The van der Waals surface area contributed by atoms with E-state index in [0.717, 1.165) is 36.4 Å². The number of anilines is 2. The summed E-state index contributed by atoms with van der Waals surface area (Å²) in [5.74, 6) is -4.09. The van der Waals surface area contributed by atoms with Crippen molar-refractivity contribution in [1.82, 2.24) is 0 Å². The van der Waals surface area contributed by atoms with Crippen molar-refractivity contribution in [2.75, 3.05) is 37.1 Å². The van der Waals surface area contributed by atoms with Crippen molar-refractivity contribution in [2.45, 2.75) is 38.0 Å². The lowest BCUT2D eigenvalue weighted by molar-refractivity contribution is -0.139. The summed E-state index contributed by atoms with van der Waals surface area (Å²) >= 11 is 0. The second kappa shape index (κ2) is 22.8. The molecule has 0 aliphatic heterocycles. The fraction of sp³-hybridized carbons (Fsp3) is 0.238. The van der Waals surface area contributed by atoms with E-state index in [-0.39, 0.29) is 60.6 Å². The molecule has 0 aliphatic rings. The Bertz CT molecular complexity index is 2100. The zero-order valence-electron chi connectivity index (χ0n) is 32.6. The number of halogens is 6. The predicted octanol–water partition coefficient (Wildman–Crippen LogP) is 10.9. The Kier molecular flexibility index (Phi) is 17.4. The molecule has 0 bridgehead atoms. The van der Waals surface area contributed by atoms with Crippen LogP contribution in [0.1, 0.15) is 36.8 Å². The highest BCUT2D eigenvalue weighted by atomic mass is 19.4. The van der Waals surface area contributed by atoms with Crippen LogP contribution in [0.5, 0.6) is 11.5 Å². The van der Waals surface area contributed by atoms with Crippen LogP contribution in [0.2, 0.25) is 0 Å². The Balaban J connectivity index is 1.26. The monoisotopic (exact) mass is 868 g/mol. The smallest absolute Gasteiger partial charge is 0.420 e. The van der Waals surface area contributed by atoms with Crippen LogP contribution in [0.15, 0.2) is 131 Å². The molecule has 0 unspecified atom stereocenters. The van der Waals surface area contributed by atoms with Crippen molar-refractivity contribution in [3.8, 4) is 11.5 Å². The van der Waals surface area contributed by atoms with Gasteiger partial charge < -0.3 is 29.6 Å². The summed E-state index contributed by atoms with van der Waals surface area (Å²) in [6.45, 7) is 6.57. The average molecular weight is 869 g/mol. The maximum absolute atomic E-state index is 13.8. The van der Waals surface area contributed by atoms with Gasteiger partial charge in [0, 0.05) is 23.5 Å². The van der Waals surface area contributed by atoms with E-state index in [2.05, 4.69) is 44.2 Å². The van der Waals surface area contributed by atoms with Crippen molar-refractivity contribution >= 4 is 57.9 Å². The quantitative estimate of drug-likeness (QED) is 0.0220. The molecule has 326 valence electrons. The fourth-order valence-corrected chi connectivity index (χ4v) is 4.92. The summed E-state index contributed by atoms with van der Waals surface area (Å²) < 4.78 is 103. The average Bonchev–Trinajstić information content (AvgIpc) is 3.25. The number of alkyl halides is 6. The third-order valence-corrected chi connectivity index (χ3v) is 7.97. The maximum Gasteiger partial charge on any atom is 0.420 e. The number of rotatable bonds is 20. The number of carbonyl (C=O) groups excluding carboxylic acids is 4. The van der Waals surface area contributed by atoms with Crippen LogP contribution in [0.3, 0.4) is 0 Å². The summed E-state index contributed by atoms with van der Waals surface area (Å²) in [5, 5.41) is 20.4. The van der Waals surface area contributed by atoms with E-state index in [1.54, 1.807) is 0 Å². The van der Waals surface area contributed by atoms with Gasteiger partial charge in [0.2, 0.25) is 0 Å². The summed E-state index contributed by atoms with van der Waals surface area (Å²) in [6.07, 6.45) is -6.09. The van der Waals surface area contributed by atoms with Gasteiger partial charge in [0.25, 0.3) is 0 Å². The van der Waals surface area contributed by atoms with Crippen LogP contribution in [0.25, 0.3) is 0 Å². The van der Waals surface area contributed by atoms with Crippen LogP contribution in [-0.4, -0.2) is 50.2 Å². The lowest BCUT2D eigenvalue weighted by Crippen LogP contribution is -2.28. The van der Waals surface area contributed by atoms with E-state index in [4.69, 9.17) is 18.9 Å². The molecule has 4 rings (SSSR count). The van der Waals surface area contributed by atoms with E-state index in [9.17, 15) is 45.5 Å². The van der Waals surface area contributed by atoms with Crippen LogP contribution in [0.4, 0.5) is 60.5 Å². The first kappa shape index (κ1) is 47.3. The number of hydrogen-bond donors (Lipinski definition) is 2. The van der Waals surface area contributed by atoms with Gasteiger partial charge in [-0.15, -0.1) is 0 Å². The molecule has 0 heterocycles. The minimum atomic E-state index is -4.75. The first-order chi connectivity index (χ1) is 29.5. The normalized spacial score (nSPS) is 11.5. The number of nitrogens with one attached hydrogen (secondary N) is 2. The van der Waals surface area contributed by atoms with Gasteiger partial charge >= 0.3 is 36.1 Å². The second-order valence-electron chi connectivity index (χ2n) is 12.6. The highest BCUT2D eigenvalue weighted by Gasteiger charge is 2.36. The highest BCUT2D eigenvalue weighted by molar-refractivity contribution is 6.43. The van der Waals surface area contributed by atoms with E-state index >= 15 is 0 Å². The van der Waals surface area contributed by atoms with Gasteiger partial charge in [-0.2, -0.15) is 46.8 Å². The summed E-state index contributed by atoms with van der Waals surface area (Å²) in [4.78, 5) is 47.2. The number of carbonyl (C=O) groups is 4. The molecule has 2 N–H and O–H groups in total. The molecule has 62 heavy (non-hydrogen) atoms. The molecule has 0 saturated carbocycles. The minimum absolute atomic E-state index is 0.0542. The summed E-state index contributed by atoms with van der Waals surface area (Å²) in [5.41, 5.74) is -1.52. The molecular formula is C42H38F6N6O8. The second-order valence-corrected chi connectivity index (χ2v) is 12.6. The van der Waals surface area contributed by atoms with Crippen LogP contribution in [0, 0.1) is 0 Å². The van der Waals surface area contributed by atoms with Crippen LogP contribution < -0.4 is 20.1 Å². The van der Waals surface area contributed by atoms with Gasteiger partial charge in [0.05, 0.1) is 60.3 Å². The number of unbranched alkanes of at least 4 members (excludes halogenated alkanes) is 2. The molecule has 0 aromatic heterocycles. The van der Waals surface area contributed by atoms with Gasteiger partial charge in [-0.3, -0.25) is 9.59 Å². The molecule has 0 atom stereocenters. The largest absolute Gasteiger partial charge is 0.493 e. The van der Waals surface area contributed by atoms with E-state index in [0.29, 0.717) is 25.7 Å². The minimum Gasteiger partial charge on any atom is -0.493 e. The van der Waals surface area contributed by atoms with Gasteiger partial charge in [-0.05, 0) is 111 Å². The number of benzene rings is 4. The van der Waals surface area contributed by atoms with E-state index < -0.39 is 58.7 Å². The van der Waals surface area contributed by atoms with Gasteiger partial charge in [-0.1, -0.05) is 13.2 Å². The van der Waals surface area contributed by atoms with Crippen molar-refractivity contribution in [1.29, 1.82) is 0 Å². The van der Waals surface area contributed by atoms with Crippen molar-refractivity contribution in [3.05, 3.63) is 121 Å². The van der Waals surface area contributed by atoms with Crippen LogP contribution >= 0.6 is 0 Å². The number of amides is 2. The van der Waals surface area contributed by atoms with Gasteiger partial charge in [-0.25, -0.2) is 9.59 Å². The first-order valence-electron chi connectivity index (χ1n) is 18.5. The number of esters is 2. The topological polar surface area (TPSA) is 179 Å². The zero-order valence-corrected chi connectivity index (χ0v) is 32.6. The molecule has 14 nitrogen and oxygen atoms in total. The van der Waals surface area contributed by atoms with E-state index in [1.807, 2.05) is 0 Å². The molecule has 0 fully saturated rings. The van der Waals surface area contributed by atoms with E-state index in [1.165, 1.54) is 60.7 Å². The number of hydrogen-bond acceptors (Lipinski definition) is 12. The molecule has 0 aliphatic carbocycles. The molecular weight excluding hydrogens is 830 g/mol. The standard InChI is InChI=1S/C42H38F6N6O8/c1-3-37(55)61-23-7-5-21-59-35-19-17-31(25-33(35)41(43,44)45)53-51-29-13-9-27(10-14-29)49-39(57)40(58)50-28-11-15-30(16-12-28)52-54-32-18-20-36(34(26-32)42(46,47)48)60-22-6-8-24-62-38(56)4-2/h3-4,9-20,25-26H,1-2,5-8,21-24H2,(H,49,57)(H,50,58)/b53-51+,54-52+. The Hall–Kier alpha value is -7.38. The Morgan fingerprint density at radius 2 is 0.823 bits per heavy atom. The zero-order chi connectivity index (χ0) is 45.1. The predicted molar refractivity (Wildman–Crippen MR) is 213 cm³/mol. The highest BCUT2D eigenvalue weighted by Crippen LogP contribution is 2.40. The molecule has 2 amide bonds. The molecule has 0 saturated heterocycles. The third-order valence-electron chi connectivity index (χ3n) is 7.97. The summed E-state index contributed by atoms with van der Waals surface area (Å²) in [7, 11) is 0. The molecule has 4 aromatic carbocycles. The lowest BCUT2D eigenvalue weighted by Gasteiger charge is -2.14. The van der Waals surface area contributed by atoms with Crippen LogP contribution in [-0.2, 0) is 41.0 Å². The maximum atomic E-state index is 13.8. The Labute approximate surface area is 350 Å². The summed E-state index contributed by atoms with van der Waals surface area (Å²) in [6, 6.07) is 17.6. The molecule has 4 aromatic rings. The fourth-order valence-electron chi connectivity index (χ4n) is 4.92. The number of ether oxygens (including phenoxy) is 4. The first-order valence-corrected chi connectivity index (χ1v) is 18.5.